The lowest BCUT2D eigenvalue weighted by atomic mass is 9.92. The van der Waals surface area contributed by atoms with Crippen LogP contribution in [-0.4, -0.2) is 8.74 Å². The number of nitrogens with zero attached hydrogens (tertiary/aromatic N) is 1. The Labute approximate surface area is 67.4 Å². The number of hydrogen-bond acceptors (Lipinski definition) is 1. The lowest BCUT2D eigenvalue weighted by Gasteiger charge is -2.27. The maximum absolute atomic E-state index is 12.8. The van der Waals surface area contributed by atoms with Crippen molar-refractivity contribution in [3.05, 3.63) is 0 Å². The van der Waals surface area contributed by atoms with Crippen LogP contribution in [0.3, 0.4) is 0 Å². The lowest BCUT2D eigenvalue weighted by molar-refractivity contribution is 0.411. The third-order valence-electron chi connectivity index (χ3n) is 2.13. The molecule has 0 fully saturated rings. The molecule has 0 spiro atoms. The topological polar surface area (TPSA) is 23.8 Å². The van der Waals surface area contributed by atoms with Crippen molar-refractivity contribution < 1.29 is 8.22 Å². The predicted octanol–water partition coefficient (Wildman–Crippen LogP) is 2.94. The Morgan fingerprint density at radius 3 is 1.91 bits per heavy atom. The summed E-state index contributed by atoms with van der Waals surface area (Å²) in [5.74, 6) is 0. The van der Waals surface area contributed by atoms with Crippen molar-refractivity contribution in [3.63, 3.8) is 0 Å². The van der Waals surface area contributed by atoms with Gasteiger partial charge in [-0.3, -0.25) is 8.22 Å². The van der Waals surface area contributed by atoms with Crippen molar-refractivity contribution in [2.75, 3.05) is 0 Å². The fourth-order valence-electron chi connectivity index (χ4n) is 0.730. The van der Waals surface area contributed by atoms with Gasteiger partial charge < -0.3 is 0 Å². The van der Waals surface area contributed by atoms with Crippen LogP contribution < -0.4 is 0 Å². The van der Waals surface area contributed by atoms with E-state index < -0.39 is 19.7 Å². The Hall–Kier alpha value is -0.433. The number of nitriles is 1. The zero-order valence-corrected chi connectivity index (χ0v) is 8.28. The van der Waals surface area contributed by atoms with Crippen molar-refractivity contribution >= 4 is 8.74 Å². The van der Waals surface area contributed by atoms with Crippen LogP contribution in [0.1, 0.15) is 20.8 Å². The van der Waals surface area contributed by atoms with Crippen LogP contribution >= 0.6 is 0 Å². The summed E-state index contributed by atoms with van der Waals surface area (Å²) in [7, 11) is -4.14. The van der Waals surface area contributed by atoms with E-state index in [0.717, 1.165) is 6.55 Å². The predicted molar refractivity (Wildman–Crippen MR) is 42.7 cm³/mol. The highest BCUT2D eigenvalue weighted by Gasteiger charge is 2.45. The minimum Gasteiger partial charge on any atom is -0.270 e. The summed E-state index contributed by atoms with van der Waals surface area (Å²) < 4.78 is 25.6. The monoisotopic (exact) mass is 177 g/mol. The second-order valence-corrected chi connectivity index (χ2v) is 6.29. The summed E-state index contributed by atoms with van der Waals surface area (Å²) in [4.78, 5) is 0. The summed E-state index contributed by atoms with van der Waals surface area (Å²) in [6.07, 6.45) is 0. The molecular formula is C7H13F2NSi. The third kappa shape index (κ3) is 2.58. The first-order valence-corrected chi connectivity index (χ1v) is 5.84. The fraction of sp³-hybridized carbons (Fsp3) is 0.857. The Kier molecular flexibility index (Phi) is 2.78. The fourth-order valence-corrected chi connectivity index (χ4v) is 2.06. The first-order valence-electron chi connectivity index (χ1n) is 3.51. The van der Waals surface area contributed by atoms with Crippen LogP contribution in [0.5, 0.6) is 0 Å². The lowest BCUT2D eigenvalue weighted by Crippen LogP contribution is -2.33. The van der Waals surface area contributed by atoms with E-state index in [4.69, 9.17) is 5.26 Å². The van der Waals surface area contributed by atoms with Crippen LogP contribution in [0.25, 0.3) is 0 Å². The highest BCUT2D eigenvalue weighted by atomic mass is 28.4. The zero-order valence-electron chi connectivity index (χ0n) is 7.28. The van der Waals surface area contributed by atoms with E-state index in [1.54, 1.807) is 13.8 Å². The molecule has 0 aromatic carbocycles. The van der Waals surface area contributed by atoms with Gasteiger partial charge >= 0.3 is 8.74 Å². The number of hydrogen-bond donors (Lipinski definition) is 0. The van der Waals surface area contributed by atoms with Crippen LogP contribution in [0.15, 0.2) is 0 Å². The standard InChI is InChI=1S/C7H13F2NSi/c1-6(11(4,8)9)7(2,3)5-10/h6H,1-4H3. The van der Waals surface area contributed by atoms with Gasteiger partial charge in [0, 0.05) is 5.54 Å². The molecule has 0 bridgehead atoms. The van der Waals surface area contributed by atoms with Gasteiger partial charge in [-0.2, -0.15) is 5.26 Å². The van der Waals surface area contributed by atoms with Gasteiger partial charge in [-0.05, 0) is 20.4 Å². The molecule has 0 rings (SSSR count). The minimum atomic E-state index is -4.14. The molecule has 1 atom stereocenters. The van der Waals surface area contributed by atoms with Crippen LogP contribution in [0.2, 0.25) is 12.1 Å². The molecule has 1 nitrogen and oxygen atoms in total. The molecule has 4 heteroatoms. The van der Waals surface area contributed by atoms with Crippen molar-refractivity contribution in [3.8, 4) is 6.07 Å². The molecule has 0 aromatic heterocycles. The van der Waals surface area contributed by atoms with Crippen molar-refractivity contribution in [1.82, 2.24) is 0 Å². The smallest absolute Gasteiger partial charge is 0.270 e. The molecule has 0 aliphatic rings. The van der Waals surface area contributed by atoms with E-state index in [-0.39, 0.29) is 0 Å². The molecule has 1 unspecified atom stereocenters. The van der Waals surface area contributed by atoms with Gasteiger partial charge in [0.2, 0.25) is 0 Å². The van der Waals surface area contributed by atoms with E-state index in [9.17, 15) is 8.22 Å². The molecule has 0 radical (unpaired) electrons. The van der Waals surface area contributed by atoms with E-state index >= 15 is 0 Å². The Morgan fingerprint density at radius 2 is 1.82 bits per heavy atom. The second kappa shape index (κ2) is 2.90. The number of rotatable bonds is 2. The van der Waals surface area contributed by atoms with Gasteiger partial charge in [0.15, 0.2) is 0 Å². The van der Waals surface area contributed by atoms with Crippen LogP contribution in [-0.2, 0) is 0 Å². The van der Waals surface area contributed by atoms with Gasteiger partial charge in [-0.25, -0.2) is 0 Å². The summed E-state index contributed by atoms with van der Waals surface area (Å²) in [5, 5.41) is 8.57. The van der Waals surface area contributed by atoms with Crippen LogP contribution in [0, 0.1) is 16.7 Å². The molecule has 0 heterocycles. The summed E-state index contributed by atoms with van der Waals surface area (Å²) in [6, 6.07) is 1.90. The van der Waals surface area contributed by atoms with Gasteiger partial charge in [0.1, 0.15) is 0 Å². The van der Waals surface area contributed by atoms with Gasteiger partial charge in [-0.1, -0.05) is 6.92 Å². The first kappa shape index (κ1) is 10.6. The molecule has 0 aromatic rings. The van der Waals surface area contributed by atoms with Crippen molar-refractivity contribution in [2.24, 2.45) is 5.41 Å². The van der Waals surface area contributed by atoms with E-state index in [1.165, 1.54) is 6.92 Å². The normalized spacial score (nSPS) is 15.7. The quantitative estimate of drug-likeness (QED) is 0.470. The van der Waals surface area contributed by atoms with E-state index in [0.29, 0.717) is 0 Å². The molecule has 0 aliphatic carbocycles. The van der Waals surface area contributed by atoms with E-state index in [1.807, 2.05) is 6.07 Å². The molecule has 11 heavy (non-hydrogen) atoms. The SMILES string of the molecule is CC(C(C)(C)C#N)[Si](C)(F)F. The highest BCUT2D eigenvalue weighted by Crippen LogP contribution is 2.39. The Morgan fingerprint density at radius 1 is 1.45 bits per heavy atom. The summed E-state index contributed by atoms with van der Waals surface area (Å²) in [6.45, 7) is 5.55. The Balaban J connectivity index is 4.52. The van der Waals surface area contributed by atoms with Crippen molar-refractivity contribution in [1.29, 1.82) is 5.26 Å². The largest absolute Gasteiger partial charge is 0.426 e. The van der Waals surface area contributed by atoms with Gasteiger partial charge in [0.25, 0.3) is 0 Å². The molecule has 0 saturated heterocycles. The van der Waals surface area contributed by atoms with Gasteiger partial charge in [-0.15, -0.1) is 0 Å². The van der Waals surface area contributed by atoms with Crippen LogP contribution in [0.4, 0.5) is 8.22 Å². The number of halogens is 2. The molecule has 0 saturated carbocycles. The Bertz CT molecular complexity index is 178. The zero-order chi connectivity index (χ0) is 9.28. The third-order valence-corrected chi connectivity index (χ3v) is 4.37. The maximum atomic E-state index is 12.8. The molecule has 64 valence electrons. The molecule has 0 amide bonds. The molecule has 0 N–H and O–H groups in total. The molecular weight excluding hydrogens is 164 g/mol. The van der Waals surface area contributed by atoms with E-state index in [2.05, 4.69) is 0 Å². The second-order valence-electron chi connectivity index (χ2n) is 3.51. The summed E-state index contributed by atoms with van der Waals surface area (Å²) in [5.41, 5.74) is -1.68. The molecule has 0 aliphatic heterocycles. The highest BCUT2D eigenvalue weighted by molar-refractivity contribution is 6.66. The van der Waals surface area contributed by atoms with Crippen molar-refractivity contribution in [2.45, 2.75) is 32.9 Å². The van der Waals surface area contributed by atoms with Gasteiger partial charge in [0.05, 0.1) is 11.5 Å². The summed E-state index contributed by atoms with van der Waals surface area (Å²) >= 11 is 0. The minimum absolute atomic E-state index is 0.778. The first-order chi connectivity index (χ1) is 4.72. The maximum Gasteiger partial charge on any atom is 0.426 e. The average molecular weight is 177 g/mol. The average Bonchev–Trinajstić information content (AvgIpc) is 1.84.